The number of nitrogens with one attached hydrogen (secondary N) is 1. The van der Waals surface area contributed by atoms with Crippen molar-refractivity contribution in [3.63, 3.8) is 0 Å². The molecule has 24 heavy (non-hydrogen) atoms. The van der Waals surface area contributed by atoms with Gasteiger partial charge in [0.1, 0.15) is 0 Å². The second kappa shape index (κ2) is 7.92. The smallest absolute Gasteiger partial charge is 0.185 e. The van der Waals surface area contributed by atoms with Gasteiger partial charge in [0.25, 0.3) is 0 Å². The van der Waals surface area contributed by atoms with Crippen molar-refractivity contribution in [2.45, 2.75) is 19.5 Å². The highest BCUT2D eigenvalue weighted by Crippen LogP contribution is 2.25. The van der Waals surface area contributed by atoms with Crippen molar-refractivity contribution in [1.29, 1.82) is 0 Å². The van der Waals surface area contributed by atoms with Crippen molar-refractivity contribution in [3.8, 4) is 5.75 Å². The lowest BCUT2D eigenvalue weighted by atomic mass is 10.1. The van der Waals surface area contributed by atoms with E-state index in [9.17, 15) is 4.39 Å². The Labute approximate surface area is 145 Å². The average Bonchev–Trinajstić information content (AvgIpc) is 3.09. The molecular weight excluding hydrogens is 329 g/mol. The molecule has 1 fully saturated rings. The lowest BCUT2D eigenvalue weighted by Gasteiger charge is -2.26. The van der Waals surface area contributed by atoms with Crippen molar-refractivity contribution < 1.29 is 13.9 Å². The number of aromatic nitrogens is 1. The SMILES string of the molecule is COc1ccc([C@@H](C)NCc2cnc(N3CCOCC3)s2)cc1F. The Morgan fingerprint density at radius 1 is 1.42 bits per heavy atom. The number of benzene rings is 1. The molecule has 130 valence electrons. The fraction of sp³-hybridized carbons (Fsp3) is 0.471. The van der Waals surface area contributed by atoms with Crippen molar-refractivity contribution in [2.75, 3.05) is 38.3 Å². The summed E-state index contributed by atoms with van der Waals surface area (Å²) in [6.45, 7) is 6.02. The molecule has 0 unspecified atom stereocenters. The normalized spacial score (nSPS) is 16.2. The molecule has 0 saturated carbocycles. The van der Waals surface area contributed by atoms with Crippen LogP contribution in [0.3, 0.4) is 0 Å². The summed E-state index contributed by atoms with van der Waals surface area (Å²) in [5.74, 6) is -0.0698. The summed E-state index contributed by atoms with van der Waals surface area (Å²) in [4.78, 5) is 7.91. The van der Waals surface area contributed by atoms with E-state index < -0.39 is 0 Å². The van der Waals surface area contributed by atoms with Gasteiger partial charge in [-0.2, -0.15) is 0 Å². The van der Waals surface area contributed by atoms with E-state index in [4.69, 9.17) is 9.47 Å². The number of anilines is 1. The number of morpholine rings is 1. The van der Waals surface area contributed by atoms with Gasteiger partial charge in [-0.15, -0.1) is 11.3 Å². The zero-order chi connectivity index (χ0) is 16.9. The van der Waals surface area contributed by atoms with Crippen LogP contribution in [0.2, 0.25) is 0 Å². The quantitative estimate of drug-likeness (QED) is 0.867. The van der Waals surface area contributed by atoms with Gasteiger partial charge in [-0.25, -0.2) is 9.37 Å². The van der Waals surface area contributed by atoms with E-state index in [1.54, 1.807) is 17.4 Å². The summed E-state index contributed by atoms with van der Waals surface area (Å²) in [5, 5.41) is 4.46. The Bertz CT molecular complexity index is 674. The molecular formula is C17H22FN3O2S. The average molecular weight is 351 g/mol. The lowest BCUT2D eigenvalue weighted by molar-refractivity contribution is 0.122. The predicted octanol–water partition coefficient (Wildman–Crippen LogP) is 2.98. The van der Waals surface area contributed by atoms with Crippen LogP contribution in [-0.4, -0.2) is 38.4 Å². The molecule has 2 heterocycles. The third kappa shape index (κ3) is 4.03. The van der Waals surface area contributed by atoms with Crippen molar-refractivity contribution in [3.05, 3.63) is 40.7 Å². The van der Waals surface area contributed by atoms with Gasteiger partial charge in [0.05, 0.1) is 20.3 Å². The third-order valence-electron chi connectivity index (χ3n) is 4.08. The van der Waals surface area contributed by atoms with E-state index >= 15 is 0 Å². The number of halogens is 1. The Morgan fingerprint density at radius 2 is 2.21 bits per heavy atom. The van der Waals surface area contributed by atoms with E-state index in [2.05, 4.69) is 15.2 Å². The largest absolute Gasteiger partial charge is 0.494 e. The maximum absolute atomic E-state index is 13.8. The van der Waals surface area contributed by atoms with Gasteiger partial charge >= 0.3 is 0 Å². The zero-order valence-corrected chi connectivity index (χ0v) is 14.7. The number of thiazole rings is 1. The molecule has 1 aliphatic heterocycles. The first-order valence-corrected chi connectivity index (χ1v) is 8.83. The van der Waals surface area contributed by atoms with E-state index in [1.165, 1.54) is 13.2 Å². The molecule has 0 spiro atoms. The Balaban J connectivity index is 1.57. The van der Waals surface area contributed by atoms with E-state index in [-0.39, 0.29) is 17.6 Å². The van der Waals surface area contributed by atoms with Crippen LogP contribution < -0.4 is 15.0 Å². The standard InChI is InChI=1S/C17H22FN3O2S/c1-12(13-3-4-16(22-2)15(18)9-13)19-10-14-11-20-17(24-14)21-5-7-23-8-6-21/h3-4,9,11-12,19H,5-8,10H2,1-2H3/t12-/m1/s1. The molecule has 0 aliphatic carbocycles. The Morgan fingerprint density at radius 3 is 2.92 bits per heavy atom. The van der Waals surface area contributed by atoms with Crippen LogP contribution >= 0.6 is 11.3 Å². The lowest BCUT2D eigenvalue weighted by Crippen LogP contribution is -2.36. The maximum Gasteiger partial charge on any atom is 0.185 e. The summed E-state index contributed by atoms with van der Waals surface area (Å²) in [6, 6.07) is 5.10. The van der Waals surface area contributed by atoms with Crippen LogP contribution in [0, 0.1) is 5.82 Å². The molecule has 0 bridgehead atoms. The van der Waals surface area contributed by atoms with Crippen molar-refractivity contribution >= 4 is 16.5 Å². The molecule has 7 heteroatoms. The van der Waals surface area contributed by atoms with Crippen molar-refractivity contribution in [2.24, 2.45) is 0 Å². The summed E-state index contributed by atoms with van der Waals surface area (Å²) in [5.41, 5.74) is 0.895. The fourth-order valence-corrected chi connectivity index (χ4v) is 3.52. The van der Waals surface area contributed by atoms with Gasteiger partial charge < -0.3 is 19.7 Å². The minimum absolute atomic E-state index is 0.0411. The highest BCUT2D eigenvalue weighted by molar-refractivity contribution is 7.15. The fourth-order valence-electron chi connectivity index (χ4n) is 2.60. The van der Waals surface area contributed by atoms with Gasteiger partial charge in [-0.1, -0.05) is 6.07 Å². The summed E-state index contributed by atoms with van der Waals surface area (Å²) in [6.07, 6.45) is 1.91. The van der Waals surface area contributed by atoms with Gasteiger partial charge in [-0.05, 0) is 24.6 Å². The summed E-state index contributed by atoms with van der Waals surface area (Å²) < 4.78 is 24.1. The van der Waals surface area contributed by atoms with Crippen LogP contribution in [-0.2, 0) is 11.3 Å². The van der Waals surface area contributed by atoms with Gasteiger partial charge in [0.2, 0.25) is 0 Å². The molecule has 5 nitrogen and oxygen atoms in total. The second-order valence-corrected chi connectivity index (χ2v) is 6.80. The number of methoxy groups -OCH3 is 1. The van der Waals surface area contributed by atoms with Crippen molar-refractivity contribution in [1.82, 2.24) is 10.3 Å². The number of ether oxygens (including phenoxy) is 2. The monoisotopic (exact) mass is 351 g/mol. The molecule has 3 rings (SSSR count). The summed E-state index contributed by atoms with van der Waals surface area (Å²) in [7, 11) is 1.47. The molecule has 1 aromatic heterocycles. The second-order valence-electron chi connectivity index (χ2n) is 5.71. The number of rotatable bonds is 6. The van der Waals surface area contributed by atoms with Crippen LogP contribution in [0.25, 0.3) is 0 Å². The predicted molar refractivity (Wildman–Crippen MR) is 93.4 cm³/mol. The van der Waals surface area contributed by atoms with E-state index in [0.717, 1.165) is 41.9 Å². The van der Waals surface area contributed by atoms with E-state index in [0.29, 0.717) is 6.54 Å². The Hall–Kier alpha value is -1.70. The minimum atomic E-state index is -0.337. The first-order chi connectivity index (χ1) is 11.7. The summed E-state index contributed by atoms with van der Waals surface area (Å²) >= 11 is 1.69. The van der Waals surface area contributed by atoms with Crippen LogP contribution in [0.4, 0.5) is 9.52 Å². The number of nitrogens with zero attached hydrogens (tertiary/aromatic N) is 2. The molecule has 1 saturated heterocycles. The molecule has 1 aliphatic rings. The van der Waals surface area contributed by atoms with Gasteiger partial charge in [0.15, 0.2) is 16.7 Å². The molecule has 1 N–H and O–H groups in total. The highest BCUT2D eigenvalue weighted by atomic mass is 32.1. The van der Waals surface area contributed by atoms with Gasteiger partial charge in [0, 0.05) is 36.8 Å². The van der Waals surface area contributed by atoms with Crippen LogP contribution in [0.1, 0.15) is 23.4 Å². The molecule has 0 radical (unpaired) electrons. The molecule has 2 aromatic rings. The Kier molecular flexibility index (Phi) is 5.65. The molecule has 1 atom stereocenters. The van der Waals surface area contributed by atoms with E-state index in [1.807, 2.05) is 19.2 Å². The topological polar surface area (TPSA) is 46.6 Å². The first kappa shape index (κ1) is 17.1. The first-order valence-electron chi connectivity index (χ1n) is 8.01. The molecule has 1 aromatic carbocycles. The number of hydrogen-bond donors (Lipinski definition) is 1. The van der Waals surface area contributed by atoms with Gasteiger partial charge in [-0.3, -0.25) is 0 Å². The van der Waals surface area contributed by atoms with Crippen LogP contribution in [0.15, 0.2) is 24.4 Å². The minimum Gasteiger partial charge on any atom is -0.494 e. The molecule has 0 amide bonds. The van der Waals surface area contributed by atoms with Crippen LogP contribution in [0.5, 0.6) is 5.75 Å². The zero-order valence-electron chi connectivity index (χ0n) is 13.9. The highest BCUT2D eigenvalue weighted by Gasteiger charge is 2.15. The third-order valence-corrected chi connectivity index (χ3v) is 5.14. The maximum atomic E-state index is 13.8. The number of hydrogen-bond acceptors (Lipinski definition) is 6.